The van der Waals surface area contributed by atoms with Crippen LogP contribution in [0.15, 0.2) is 0 Å². The van der Waals surface area contributed by atoms with E-state index >= 15 is 0 Å². The lowest BCUT2D eigenvalue weighted by atomic mass is 10.0. The van der Waals surface area contributed by atoms with Crippen LogP contribution in [0.25, 0.3) is 0 Å². The quantitative estimate of drug-likeness (QED) is 0.0768. The molecular weight excluding hydrogens is 536 g/mol. The van der Waals surface area contributed by atoms with E-state index in [4.69, 9.17) is 29.0 Å². The van der Waals surface area contributed by atoms with Crippen LogP contribution in [0.5, 0.6) is 0 Å². The fourth-order valence-corrected chi connectivity index (χ4v) is 6.22. The highest BCUT2D eigenvalue weighted by molar-refractivity contribution is 7.99. The molecule has 0 aromatic rings. The van der Waals surface area contributed by atoms with E-state index in [0.29, 0.717) is 31.3 Å². The largest absolute Gasteiger partial charge is 0.391 e. The highest BCUT2D eigenvalue weighted by Gasteiger charge is 2.58. The van der Waals surface area contributed by atoms with E-state index in [-0.39, 0.29) is 31.9 Å². The Labute approximate surface area is 218 Å². The second kappa shape index (κ2) is 16.8. The zero-order valence-corrected chi connectivity index (χ0v) is 24.3. The summed E-state index contributed by atoms with van der Waals surface area (Å²) in [6.07, 6.45) is 0.679. The van der Waals surface area contributed by atoms with Crippen LogP contribution in [0, 0.1) is 5.92 Å². The Morgan fingerprint density at radius 3 is 2.19 bits per heavy atom. The van der Waals surface area contributed by atoms with Crippen LogP contribution in [0.2, 0.25) is 0 Å². The van der Waals surface area contributed by atoms with Crippen molar-refractivity contribution in [1.82, 2.24) is 5.32 Å². The van der Waals surface area contributed by atoms with Crippen LogP contribution in [0.4, 0.5) is 0 Å². The smallest absolute Gasteiger partial charge is 0.369 e. The number of aliphatic hydroxyl groups is 2. The van der Waals surface area contributed by atoms with Gasteiger partial charge in [-0.15, -0.1) is 0 Å². The van der Waals surface area contributed by atoms with Gasteiger partial charge in [0.2, 0.25) is 5.91 Å². The Morgan fingerprint density at radius 2 is 1.64 bits per heavy atom. The van der Waals surface area contributed by atoms with Gasteiger partial charge in [0.25, 0.3) is 5.08 Å². The summed E-state index contributed by atoms with van der Waals surface area (Å²) in [6.45, 7) is 9.44. The van der Waals surface area contributed by atoms with Crippen molar-refractivity contribution in [2.45, 2.75) is 83.0 Å². The molecule has 0 heterocycles. The van der Waals surface area contributed by atoms with Gasteiger partial charge in [-0.1, -0.05) is 13.8 Å². The lowest BCUT2D eigenvalue weighted by Crippen LogP contribution is -2.33. The third-order valence-electron chi connectivity index (χ3n) is 5.22. The zero-order valence-electron chi connectivity index (χ0n) is 21.7. The molecule has 0 radical (unpaired) electrons. The number of ether oxygens (including phenoxy) is 2. The fourth-order valence-electron chi connectivity index (χ4n) is 3.11. The highest BCUT2D eigenvalue weighted by atomic mass is 32.2. The molecule has 0 spiro atoms. The summed E-state index contributed by atoms with van der Waals surface area (Å²) in [7, 11) is -11.0. The second-order valence-electron chi connectivity index (χ2n) is 9.76. The van der Waals surface area contributed by atoms with Crippen molar-refractivity contribution in [3.63, 3.8) is 0 Å². The summed E-state index contributed by atoms with van der Waals surface area (Å²) in [4.78, 5) is 48.1. The van der Waals surface area contributed by atoms with Crippen molar-refractivity contribution in [2.75, 3.05) is 37.9 Å². The molecule has 1 unspecified atom stereocenters. The average molecular weight is 582 g/mol. The van der Waals surface area contributed by atoms with Crippen molar-refractivity contribution in [3.8, 4) is 0 Å². The summed E-state index contributed by atoms with van der Waals surface area (Å²) in [5.41, 5.74) is -0.422. The third-order valence-corrected chi connectivity index (χ3v) is 10.2. The summed E-state index contributed by atoms with van der Waals surface area (Å²) in [5, 5.41) is 19.0. The maximum atomic E-state index is 11.8. The zero-order chi connectivity index (χ0) is 28.0. The van der Waals surface area contributed by atoms with Crippen LogP contribution < -0.4 is 5.32 Å². The molecule has 0 aromatic heterocycles. The minimum Gasteiger partial charge on any atom is -0.391 e. The summed E-state index contributed by atoms with van der Waals surface area (Å²) in [6, 6.07) is 0. The van der Waals surface area contributed by atoms with E-state index in [2.05, 4.69) is 19.2 Å². The first-order valence-electron chi connectivity index (χ1n) is 12.0. The number of hydrogen-bond acceptors (Lipinski definition) is 8. The number of rotatable bonds is 21. The molecule has 0 bridgehead atoms. The predicted molar refractivity (Wildman–Crippen MR) is 139 cm³/mol. The van der Waals surface area contributed by atoms with Crippen molar-refractivity contribution < 1.29 is 53.2 Å². The molecule has 1 atom stereocenters. The van der Waals surface area contributed by atoms with Crippen LogP contribution in [0.3, 0.4) is 0 Å². The summed E-state index contributed by atoms with van der Waals surface area (Å²) >= 11 is 1.54. The molecule has 15 heteroatoms. The van der Waals surface area contributed by atoms with Gasteiger partial charge in [-0.25, -0.2) is 0 Å². The highest BCUT2D eigenvalue weighted by Crippen LogP contribution is 2.69. The van der Waals surface area contributed by atoms with Gasteiger partial charge in [-0.3, -0.25) is 13.9 Å². The molecular formula is C21H45NO11P2S. The molecule has 0 aromatic carbocycles. The van der Waals surface area contributed by atoms with E-state index in [1.165, 1.54) is 0 Å². The van der Waals surface area contributed by atoms with Gasteiger partial charge in [0, 0.05) is 44.8 Å². The molecule has 0 saturated carbocycles. The van der Waals surface area contributed by atoms with Gasteiger partial charge in [0.05, 0.1) is 18.3 Å². The monoisotopic (exact) mass is 581 g/mol. The maximum Gasteiger partial charge on any atom is 0.369 e. The first-order chi connectivity index (χ1) is 16.4. The molecule has 0 aliphatic carbocycles. The topological polar surface area (TPSA) is 203 Å². The van der Waals surface area contributed by atoms with Gasteiger partial charge in [0.1, 0.15) is 0 Å². The van der Waals surface area contributed by atoms with Crippen LogP contribution >= 0.6 is 27.0 Å². The Kier molecular flexibility index (Phi) is 16.8. The molecule has 0 saturated heterocycles. The predicted octanol–water partition coefficient (Wildman–Crippen LogP) is 2.01. The summed E-state index contributed by atoms with van der Waals surface area (Å²) < 4.78 is 33.9. The normalized spacial score (nSPS) is 14.3. The van der Waals surface area contributed by atoms with Crippen molar-refractivity contribution in [2.24, 2.45) is 5.92 Å². The minimum absolute atomic E-state index is 0.0957. The van der Waals surface area contributed by atoms with Gasteiger partial charge >= 0.3 is 15.2 Å². The minimum atomic E-state index is -5.48. The van der Waals surface area contributed by atoms with E-state index in [9.17, 15) is 24.1 Å². The van der Waals surface area contributed by atoms with Crippen molar-refractivity contribution in [3.05, 3.63) is 0 Å². The summed E-state index contributed by atoms with van der Waals surface area (Å²) in [5.74, 6) is 1.53. The molecule has 216 valence electrons. The number of amides is 1. The van der Waals surface area contributed by atoms with Gasteiger partial charge in [-0.2, -0.15) is 11.8 Å². The van der Waals surface area contributed by atoms with Gasteiger partial charge in [-0.05, 0) is 44.8 Å². The Bertz CT molecular complexity index is 705. The number of carbonyl (C=O) groups excluding carboxylic acids is 1. The Morgan fingerprint density at radius 1 is 1.03 bits per heavy atom. The fraction of sp³-hybridized carbons (Fsp3) is 0.952. The first-order valence-corrected chi connectivity index (χ1v) is 16.4. The maximum absolute atomic E-state index is 11.8. The standard InChI is InChI=1S/C21H45NO11P2S/c1-17(2)7-12-33-20(3,4)15-18(23)16-32-11-6-13-36-14-8-19(24)22-10-5-9-21(25,34(26,27)28)35(29,30)31/h17-18,23,25H,5-16H2,1-4H3,(H,22,24)(H2,26,27,28)(H2,29,30,31). The molecule has 0 rings (SSSR count). The lowest BCUT2D eigenvalue weighted by molar-refractivity contribution is -0.120. The SMILES string of the molecule is CC(C)CCOC(C)(C)CC(O)COCCCSCCC(=O)NCCCC(O)(P(=O)(O)O)P(=O)(O)O. The number of thioether (sulfide) groups is 1. The van der Waals surface area contributed by atoms with E-state index in [1.807, 2.05) is 13.8 Å². The van der Waals surface area contributed by atoms with Gasteiger partial charge < -0.3 is 44.6 Å². The van der Waals surface area contributed by atoms with Crippen LogP contribution in [0.1, 0.15) is 66.2 Å². The molecule has 12 nitrogen and oxygen atoms in total. The second-order valence-corrected chi connectivity index (χ2v) is 15.0. The number of hydrogen-bond donors (Lipinski definition) is 7. The average Bonchev–Trinajstić information content (AvgIpc) is 2.70. The molecule has 36 heavy (non-hydrogen) atoms. The Hall–Kier alpha value is -0.0400. The van der Waals surface area contributed by atoms with Crippen LogP contribution in [-0.4, -0.2) is 90.4 Å². The van der Waals surface area contributed by atoms with Crippen LogP contribution in [-0.2, 0) is 23.4 Å². The molecule has 7 N–H and O–H groups in total. The van der Waals surface area contributed by atoms with E-state index in [1.54, 1.807) is 11.8 Å². The molecule has 1 amide bonds. The third kappa shape index (κ3) is 15.4. The van der Waals surface area contributed by atoms with Crippen molar-refractivity contribution in [1.29, 1.82) is 0 Å². The lowest BCUT2D eigenvalue weighted by Gasteiger charge is -2.29. The molecule has 0 fully saturated rings. The number of carbonyl (C=O) groups is 1. The van der Waals surface area contributed by atoms with Gasteiger partial charge in [0.15, 0.2) is 0 Å². The van der Waals surface area contributed by atoms with Crippen molar-refractivity contribution >= 4 is 32.9 Å². The molecule has 0 aliphatic heterocycles. The van der Waals surface area contributed by atoms with E-state index < -0.39 is 38.4 Å². The Balaban J connectivity index is 3.89. The van der Waals surface area contributed by atoms with E-state index in [0.717, 1.165) is 18.6 Å². The first kappa shape index (κ1) is 36.0. The molecule has 0 aliphatic rings. The number of nitrogens with one attached hydrogen (secondary N) is 1. The number of aliphatic hydroxyl groups excluding tert-OH is 1.